The first-order valence-electron chi connectivity index (χ1n) is 13.2. The Morgan fingerprint density at radius 3 is 1.15 bits per heavy atom. The van der Waals surface area contributed by atoms with Gasteiger partial charge in [-0.3, -0.25) is 14.9 Å². The Kier molecular flexibility index (Phi) is 23.8. The number of nitro benzene ring substituents is 1. The molecule has 0 atom stereocenters. The highest BCUT2D eigenvalue weighted by atomic mass is 16.6. The van der Waals surface area contributed by atoms with E-state index in [1.807, 2.05) is 0 Å². The number of esters is 1. The zero-order valence-electron chi connectivity index (χ0n) is 23.3. The first-order chi connectivity index (χ1) is 19.6. The van der Waals surface area contributed by atoms with Crippen LogP contribution in [0.15, 0.2) is 24.3 Å². The minimum absolute atomic E-state index is 0.0233. The summed E-state index contributed by atoms with van der Waals surface area (Å²) in [7, 11) is 0. The number of ether oxygens (including phenoxy) is 10. The normalized spacial score (nSPS) is 11.0. The van der Waals surface area contributed by atoms with E-state index in [4.69, 9.17) is 47.4 Å². The van der Waals surface area contributed by atoms with Crippen molar-refractivity contribution in [3.63, 3.8) is 0 Å². The van der Waals surface area contributed by atoms with Gasteiger partial charge in [0, 0.05) is 19.1 Å². The highest BCUT2D eigenvalue weighted by Gasteiger charge is 2.04. The van der Waals surface area contributed by atoms with Crippen LogP contribution in [0.25, 0.3) is 0 Å². The third-order valence-corrected chi connectivity index (χ3v) is 4.68. The monoisotopic (exact) mass is 577 g/mol. The van der Waals surface area contributed by atoms with Gasteiger partial charge in [0.05, 0.1) is 111 Å². The molecule has 1 rings (SSSR count). The molecule has 40 heavy (non-hydrogen) atoms. The smallest absolute Gasteiger partial charge is 0.302 e. The van der Waals surface area contributed by atoms with Crippen LogP contribution in [0.5, 0.6) is 5.75 Å². The van der Waals surface area contributed by atoms with Gasteiger partial charge in [0.15, 0.2) is 0 Å². The summed E-state index contributed by atoms with van der Waals surface area (Å²) in [4.78, 5) is 20.7. The molecule has 230 valence electrons. The summed E-state index contributed by atoms with van der Waals surface area (Å²) < 4.78 is 53.3. The number of carbonyl (C=O) groups excluding carboxylic acids is 1. The molecule has 0 amide bonds. The van der Waals surface area contributed by atoms with E-state index < -0.39 is 4.92 Å². The van der Waals surface area contributed by atoms with Crippen molar-refractivity contribution >= 4 is 11.7 Å². The van der Waals surface area contributed by atoms with Crippen molar-refractivity contribution in [2.45, 2.75) is 6.92 Å². The summed E-state index contributed by atoms with van der Waals surface area (Å²) >= 11 is 0. The van der Waals surface area contributed by atoms with Gasteiger partial charge in [0.25, 0.3) is 5.69 Å². The topological polar surface area (TPSA) is 153 Å². The third kappa shape index (κ3) is 23.5. The highest BCUT2D eigenvalue weighted by Crippen LogP contribution is 2.17. The van der Waals surface area contributed by atoms with Crippen molar-refractivity contribution in [3.05, 3.63) is 34.4 Å². The van der Waals surface area contributed by atoms with Crippen LogP contribution in [-0.4, -0.2) is 130 Å². The fourth-order valence-corrected chi connectivity index (χ4v) is 2.77. The molecule has 0 aliphatic carbocycles. The largest absolute Gasteiger partial charge is 0.491 e. The van der Waals surface area contributed by atoms with Crippen LogP contribution in [0.1, 0.15) is 6.92 Å². The average molecular weight is 578 g/mol. The zero-order valence-corrected chi connectivity index (χ0v) is 23.3. The van der Waals surface area contributed by atoms with Crippen molar-refractivity contribution < 1.29 is 57.1 Å². The lowest BCUT2D eigenvalue weighted by atomic mass is 10.3. The second-order valence-corrected chi connectivity index (χ2v) is 7.84. The summed E-state index contributed by atoms with van der Waals surface area (Å²) in [5.41, 5.74) is 0.0233. The van der Waals surface area contributed by atoms with Crippen LogP contribution in [-0.2, 0) is 47.4 Å². The molecule has 14 nitrogen and oxygen atoms in total. The Morgan fingerprint density at radius 1 is 0.550 bits per heavy atom. The van der Waals surface area contributed by atoms with Gasteiger partial charge in [0.1, 0.15) is 19.0 Å². The van der Waals surface area contributed by atoms with Crippen molar-refractivity contribution in [1.82, 2.24) is 0 Å². The van der Waals surface area contributed by atoms with Gasteiger partial charge in [-0.2, -0.15) is 0 Å². The molecule has 14 heteroatoms. The number of non-ortho nitro benzene ring substituents is 1. The number of benzene rings is 1. The lowest BCUT2D eigenvalue weighted by molar-refractivity contribution is -0.384. The molecule has 0 aliphatic rings. The Hall–Kier alpha value is -2.43. The van der Waals surface area contributed by atoms with Crippen LogP contribution in [0.3, 0.4) is 0 Å². The maximum absolute atomic E-state index is 10.6. The highest BCUT2D eigenvalue weighted by molar-refractivity contribution is 5.65. The maximum atomic E-state index is 10.6. The van der Waals surface area contributed by atoms with Gasteiger partial charge in [-0.15, -0.1) is 0 Å². The average Bonchev–Trinajstić information content (AvgIpc) is 2.94. The fraction of sp³-hybridized carbons (Fsp3) is 0.731. The number of hydrogen-bond acceptors (Lipinski definition) is 13. The van der Waals surface area contributed by atoms with Crippen molar-refractivity contribution in [1.29, 1.82) is 0 Å². The van der Waals surface area contributed by atoms with Crippen LogP contribution in [0.2, 0.25) is 0 Å². The van der Waals surface area contributed by atoms with Crippen molar-refractivity contribution in [2.75, 3.05) is 119 Å². The van der Waals surface area contributed by atoms with Crippen LogP contribution < -0.4 is 4.74 Å². The molecule has 0 aromatic heterocycles. The molecule has 0 aliphatic heterocycles. The Morgan fingerprint density at radius 2 is 0.850 bits per heavy atom. The molecule has 0 bridgehead atoms. The molecular formula is C26H43NO13. The van der Waals surface area contributed by atoms with E-state index in [2.05, 4.69) is 0 Å². The fourth-order valence-electron chi connectivity index (χ4n) is 2.77. The zero-order chi connectivity index (χ0) is 28.9. The van der Waals surface area contributed by atoms with E-state index in [1.54, 1.807) is 12.1 Å². The number of carbonyl (C=O) groups is 1. The van der Waals surface area contributed by atoms with E-state index in [9.17, 15) is 14.9 Å². The lowest BCUT2D eigenvalue weighted by Gasteiger charge is -2.09. The summed E-state index contributed by atoms with van der Waals surface area (Å²) in [5, 5.41) is 10.6. The Bertz CT molecular complexity index is 736. The van der Waals surface area contributed by atoms with Crippen molar-refractivity contribution in [2.24, 2.45) is 0 Å². The minimum Gasteiger partial charge on any atom is -0.491 e. The molecule has 0 saturated heterocycles. The molecule has 0 fully saturated rings. The lowest BCUT2D eigenvalue weighted by Crippen LogP contribution is -2.15. The van der Waals surface area contributed by atoms with E-state index in [1.165, 1.54) is 19.1 Å². The van der Waals surface area contributed by atoms with Crippen LogP contribution >= 0.6 is 0 Å². The summed E-state index contributed by atoms with van der Waals surface area (Å²) in [6.07, 6.45) is 0. The minimum atomic E-state index is -0.455. The SMILES string of the molecule is CC(=O)OCCOCCOCCOCCOCCOCCOCCOCCOCCOc1ccc([N+](=O)[O-])cc1. The number of nitrogens with zero attached hydrogens (tertiary/aromatic N) is 1. The molecule has 0 spiro atoms. The Balaban J connectivity index is 1.68. The van der Waals surface area contributed by atoms with Gasteiger partial charge in [-0.25, -0.2) is 0 Å². The van der Waals surface area contributed by atoms with Gasteiger partial charge in [0.2, 0.25) is 0 Å². The standard InChI is InChI=1S/C26H43NO13/c1-24(28)39-22-20-37-18-16-35-14-12-33-10-8-31-6-7-32-9-11-34-13-15-36-17-19-38-21-23-40-26-4-2-25(3-5-26)27(29)30/h2-5H,6-23H2,1H3. The van der Waals surface area contributed by atoms with Gasteiger partial charge in [-0.05, 0) is 12.1 Å². The predicted molar refractivity (Wildman–Crippen MR) is 142 cm³/mol. The van der Waals surface area contributed by atoms with Gasteiger partial charge in [-0.1, -0.05) is 0 Å². The molecule has 0 heterocycles. The molecule has 0 unspecified atom stereocenters. The Labute approximate surface area is 235 Å². The summed E-state index contributed by atoms with van der Waals surface area (Å²) in [5.74, 6) is 0.236. The maximum Gasteiger partial charge on any atom is 0.302 e. The first-order valence-corrected chi connectivity index (χ1v) is 13.2. The van der Waals surface area contributed by atoms with E-state index in [-0.39, 0.29) is 18.3 Å². The first kappa shape index (κ1) is 35.6. The predicted octanol–water partition coefficient (Wildman–Crippen LogP) is 1.67. The summed E-state index contributed by atoms with van der Waals surface area (Å²) in [6, 6.07) is 5.89. The van der Waals surface area contributed by atoms with E-state index >= 15 is 0 Å². The second-order valence-electron chi connectivity index (χ2n) is 7.84. The van der Waals surface area contributed by atoms with Crippen molar-refractivity contribution in [3.8, 4) is 5.75 Å². The van der Waals surface area contributed by atoms with E-state index in [0.29, 0.717) is 118 Å². The molecule has 1 aromatic rings. The second kappa shape index (κ2) is 26.8. The molecule has 0 radical (unpaired) electrons. The number of rotatable bonds is 29. The van der Waals surface area contributed by atoms with Gasteiger partial charge >= 0.3 is 5.97 Å². The molecule has 0 saturated carbocycles. The quantitative estimate of drug-likeness (QED) is 0.0588. The van der Waals surface area contributed by atoms with Crippen LogP contribution in [0, 0.1) is 10.1 Å². The van der Waals surface area contributed by atoms with E-state index in [0.717, 1.165) is 0 Å². The molecule has 0 N–H and O–H groups in total. The molecule has 1 aromatic carbocycles. The number of nitro groups is 1. The van der Waals surface area contributed by atoms with Gasteiger partial charge < -0.3 is 47.4 Å². The molecular weight excluding hydrogens is 534 g/mol. The van der Waals surface area contributed by atoms with Crippen LogP contribution in [0.4, 0.5) is 5.69 Å². The summed E-state index contributed by atoms with van der Waals surface area (Å²) in [6.45, 7) is 9.20. The third-order valence-electron chi connectivity index (χ3n) is 4.68. The number of hydrogen-bond donors (Lipinski definition) is 0.